The molecule has 0 bridgehead atoms. The van der Waals surface area contributed by atoms with Gasteiger partial charge in [-0.3, -0.25) is 4.57 Å². The molecule has 0 saturated carbocycles. The molecular formula is C64H41N5S. The number of rotatable bonds is 8. The van der Waals surface area contributed by atoms with E-state index in [4.69, 9.17) is 9.97 Å². The van der Waals surface area contributed by atoms with Crippen molar-refractivity contribution in [3.8, 4) is 45.3 Å². The zero-order valence-electron chi connectivity index (χ0n) is 37.8. The quantitative estimate of drug-likeness (QED) is 0.152. The van der Waals surface area contributed by atoms with Gasteiger partial charge in [-0.25, -0.2) is 9.97 Å². The molecule has 0 fully saturated rings. The van der Waals surface area contributed by atoms with Crippen molar-refractivity contribution in [2.45, 2.75) is 0 Å². The van der Waals surface area contributed by atoms with E-state index < -0.39 is 0 Å². The molecule has 14 rings (SSSR count). The minimum atomic E-state index is 0.604. The topological polar surface area (TPSA) is 38.9 Å². The lowest BCUT2D eigenvalue weighted by molar-refractivity contribution is 0.995. The molecule has 0 aliphatic carbocycles. The highest BCUT2D eigenvalue weighted by Crippen LogP contribution is 2.48. The molecule has 0 spiro atoms. The van der Waals surface area contributed by atoms with Gasteiger partial charge >= 0.3 is 0 Å². The molecule has 4 heterocycles. The number of hydrogen-bond acceptors (Lipinski definition) is 4. The van der Waals surface area contributed by atoms with Gasteiger partial charge in [0.25, 0.3) is 0 Å². The van der Waals surface area contributed by atoms with Crippen molar-refractivity contribution in [1.29, 1.82) is 0 Å². The molecule has 0 aliphatic rings. The number of benzene rings is 10. The lowest BCUT2D eigenvalue weighted by Crippen LogP contribution is -2.10. The first kappa shape index (κ1) is 40.0. The minimum Gasteiger partial charge on any atom is -0.309 e. The second-order valence-corrected chi connectivity index (χ2v) is 18.8. The third kappa shape index (κ3) is 6.45. The molecular weight excluding hydrogens is 871 g/mol. The van der Waals surface area contributed by atoms with Crippen molar-refractivity contribution in [1.82, 2.24) is 19.1 Å². The molecule has 0 atom stereocenters. The third-order valence-corrected chi connectivity index (χ3v) is 14.9. The third-order valence-electron chi connectivity index (χ3n) is 13.7. The maximum absolute atomic E-state index is 5.50. The Kier molecular flexibility index (Phi) is 9.32. The molecule has 0 aliphatic heterocycles. The van der Waals surface area contributed by atoms with Gasteiger partial charge in [0.1, 0.15) is 0 Å². The van der Waals surface area contributed by atoms with Crippen molar-refractivity contribution >= 4 is 92.2 Å². The normalized spacial score (nSPS) is 11.7. The summed E-state index contributed by atoms with van der Waals surface area (Å²) >= 11 is 1.85. The summed E-state index contributed by atoms with van der Waals surface area (Å²) in [5, 5.41) is 7.17. The van der Waals surface area contributed by atoms with Crippen LogP contribution in [0.5, 0.6) is 0 Å². The van der Waals surface area contributed by atoms with Gasteiger partial charge in [0.2, 0.25) is 5.95 Å². The fourth-order valence-corrected chi connectivity index (χ4v) is 11.8. The molecule has 10 aromatic carbocycles. The van der Waals surface area contributed by atoms with E-state index in [1.165, 1.54) is 36.5 Å². The van der Waals surface area contributed by atoms with Crippen LogP contribution >= 0.6 is 11.3 Å². The van der Waals surface area contributed by atoms with Crippen LogP contribution in [0.3, 0.4) is 0 Å². The Labute approximate surface area is 408 Å². The monoisotopic (exact) mass is 911 g/mol. The molecule has 5 nitrogen and oxygen atoms in total. The summed E-state index contributed by atoms with van der Waals surface area (Å²) < 4.78 is 7.20. The van der Waals surface area contributed by atoms with Gasteiger partial charge in [0.05, 0.1) is 43.8 Å². The smallest absolute Gasteiger partial charge is 0.235 e. The van der Waals surface area contributed by atoms with Gasteiger partial charge in [0, 0.05) is 65.2 Å². The van der Waals surface area contributed by atoms with Crippen LogP contribution < -0.4 is 4.90 Å². The number of fused-ring (bicyclic) bond motifs is 10. The Hall–Kier alpha value is -9.10. The van der Waals surface area contributed by atoms with Gasteiger partial charge in [-0.05, 0) is 83.9 Å². The zero-order valence-corrected chi connectivity index (χ0v) is 38.6. The van der Waals surface area contributed by atoms with Crippen LogP contribution in [-0.2, 0) is 0 Å². The van der Waals surface area contributed by atoms with Crippen LogP contribution in [0.4, 0.5) is 17.1 Å². The molecule has 0 amide bonds. The summed E-state index contributed by atoms with van der Waals surface area (Å²) in [4.78, 5) is 13.4. The van der Waals surface area contributed by atoms with Crippen molar-refractivity contribution in [2.24, 2.45) is 0 Å². The van der Waals surface area contributed by atoms with Crippen LogP contribution in [0.2, 0.25) is 0 Å². The fourth-order valence-electron chi connectivity index (χ4n) is 10.6. The van der Waals surface area contributed by atoms with Crippen LogP contribution in [-0.4, -0.2) is 19.1 Å². The number of anilines is 3. The predicted octanol–water partition coefficient (Wildman–Crippen LogP) is 17.5. The summed E-state index contributed by atoms with van der Waals surface area (Å²) in [6.45, 7) is 0. The first-order chi connectivity index (χ1) is 34.7. The summed E-state index contributed by atoms with van der Waals surface area (Å²) in [6.07, 6.45) is 0. The summed E-state index contributed by atoms with van der Waals surface area (Å²) in [6, 6.07) is 89.1. The maximum atomic E-state index is 5.50. The number of nitrogens with zero attached hydrogens (tertiary/aromatic N) is 5. The summed E-state index contributed by atoms with van der Waals surface area (Å²) in [5.74, 6) is 0.604. The van der Waals surface area contributed by atoms with Gasteiger partial charge in [-0.2, -0.15) is 0 Å². The second-order valence-electron chi connectivity index (χ2n) is 17.8. The molecule has 0 unspecified atom stereocenters. The van der Waals surface area contributed by atoms with E-state index >= 15 is 0 Å². The first-order valence-corrected chi connectivity index (χ1v) is 24.5. The van der Waals surface area contributed by atoms with E-state index in [1.807, 2.05) is 11.3 Å². The highest BCUT2D eigenvalue weighted by Gasteiger charge is 2.25. The SMILES string of the molecule is c1ccc(-c2cccc(N(c3ccc4c5c6c7ccccc7n(-c7ccccc7)c6ccc5n(-c5nc(-c6ccccc6)cc(-c6ccccc6)n5)c4c3)c3cccc4c3sc3ccccc34)c2)cc1. The van der Waals surface area contributed by atoms with E-state index in [-0.39, 0.29) is 0 Å². The standard InChI is InChI=1S/C64H41N5S/c1-5-19-42(20-6-1)45-25-17-28-47(39-45)67(58-33-18-31-50-49-29-14-16-34-60(49)70-63(50)58)48-35-36-52-59(40-48)69(64-65-53(43-21-7-2-8-22-43)41-54(66-64)44-23-9-3-10-24-44)57-38-37-56-61(62(52)57)51-30-13-15-32-55(51)68(56)46-26-11-4-12-27-46/h1-41H. The van der Waals surface area contributed by atoms with Crippen molar-refractivity contribution in [3.05, 3.63) is 249 Å². The van der Waals surface area contributed by atoms with Gasteiger partial charge < -0.3 is 9.47 Å². The maximum Gasteiger partial charge on any atom is 0.235 e. The molecule has 6 heteroatoms. The minimum absolute atomic E-state index is 0.604. The number of hydrogen-bond donors (Lipinski definition) is 0. The van der Waals surface area contributed by atoms with E-state index in [0.29, 0.717) is 5.95 Å². The first-order valence-electron chi connectivity index (χ1n) is 23.7. The molecule has 4 aromatic heterocycles. The highest BCUT2D eigenvalue weighted by atomic mass is 32.1. The largest absolute Gasteiger partial charge is 0.309 e. The Morgan fingerprint density at radius 2 is 0.886 bits per heavy atom. The van der Waals surface area contributed by atoms with Crippen LogP contribution in [0.1, 0.15) is 0 Å². The molecule has 0 radical (unpaired) electrons. The van der Waals surface area contributed by atoms with Crippen molar-refractivity contribution < 1.29 is 0 Å². The van der Waals surface area contributed by atoms with Gasteiger partial charge in [-0.1, -0.05) is 176 Å². The van der Waals surface area contributed by atoms with Crippen LogP contribution in [0, 0.1) is 0 Å². The Morgan fingerprint density at radius 3 is 1.60 bits per heavy atom. The zero-order chi connectivity index (χ0) is 46.1. The molecule has 328 valence electrons. The van der Waals surface area contributed by atoms with E-state index in [0.717, 1.165) is 83.7 Å². The molecule has 70 heavy (non-hydrogen) atoms. The average molecular weight is 912 g/mol. The number of para-hydroxylation sites is 2. The summed E-state index contributed by atoms with van der Waals surface area (Å²) in [5.41, 5.74) is 14.7. The van der Waals surface area contributed by atoms with Crippen LogP contribution in [0.15, 0.2) is 249 Å². The summed E-state index contributed by atoms with van der Waals surface area (Å²) in [7, 11) is 0. The fraction of sp³-hybridized carbons (Fsp3) is 0. The number of aromatic nitrogens is 4. The molecule has 0 N–H and O–H groups in total. The Bertz CT molecular complexity index is 4230. The van der Waals surface area contributed by atoms with Crippen molar-refractivity contribution in [3.63, 3.8) is 0 Å². The second kappa shape index (κ2) is 16.3. The van der Waals surface area contributed by atoms with Crippen LogP contribution in [0.25, 0.3) is 109 Å². The van der Waals surface area contributed by atoms with Gasteiger partial charge in [-0.15, -0.1) is 11.3 Å². The highest BCUT2D eigenvalue weighted by molar-refractivity contribution is 7.26. The predicted molar refractivity (Wildman–Crippen MR) is 295 cm³/mol. The lowest BCUT2D eigenvalue weighted by Gasteiger charge is -2.27. The lowest BCUT2D eigenvalue weighted by atomic mass is 10.0. The van der Waals surface area contributed by atoms with Crippen molar-refractivity contribution in [2.75, 3.05) is 4.90 Å². The average Bonchev–Trinajstić information content (AvgIpc) is 4.10. The Balaban J connectivity index is 1.10. The van der Waals surface area contributed by atoms with E-state index in [9.17, 15) is 0 Å². The number of thiophene rings is 1. The van der Waals surface area contributed by atoms with E-state index in [1.54, 1.807) is 0 Å². The molecule has 14 aromatic rings. The van der Waals surface area contributed by atoms with Gasteiger partial charge in [0.15, 0.2) is 0 Å². The molecule has 0 saturated heterocycles. The Morgan fingerprint density at radius 1 is 0.343 bits per heavy atom. The van der Waals surface area contributed by atoms with E-state index in [2.05, 4.69) is 263 Å².